The summed E-state index contributed by atoms with van der Waals surface area (Å²) in [6, 6.07) is 14.9. The van der Waals surface area contributed by atoms with E-state index in [9.17, 15) is 4.79 Å². The predicted molar refractivity (Wildman–Crippen MR) is 138 cm³/mol. The van der Waals surface area contributed by atoms with Crippen LogP contribution in [0.1, 0.15) is 30.2 Å². The van der Waals surface area contributed by atoms with Crippen LogP contribution >= 0.6 is 11.3 Å². The van der Waals surface area contributed by atoms with Crippen molar-refractivity contribution < 1.29 is 19.0 Å². The number of nitrogens with zero attached hydrogens (tertiary/aromatic N) is 2. The summed E-state index contributed by atoms with van der Waals surface area (Å²) in [5.41, 5.74) is 2.78. The molecule has 1 aliphatic carbocycles. The van der Waals surface area contributed by atoms with E-state index in [1.54, 1.807) is 24.5 Å². The van der Waals surface area contributed by atoms with Crippen LogP contribution in [0.5, 0.6) is 17.4 Å². The lowest BCUT2D eigenvalue weighted by Crippen LogP contribution is -2.20. The number of hydrogen-bond acceptors (Lipinski definition) is 7. The second-order valence-corrected chi connectivity index (χ2v) is 9.35. The first kappa shape index (κ1) is 23.1. The topological polar surface area (TPSA) is 82.6 Å². The minimum absolute atomic E-state index is 0.155. The maximum Gasteiger partial charge on any atom is 0.262 e. The van der Waals surface area contributed by atoms with Gasteiger partial charge in [-0.05, 0) is 74.6 Å². The fraction of sp³-hybridized carbons (Fsp3) is 0.296. The largest absolute Gasteiger partial charge is 0.497 e. The molecule has 0 aliphatic heterocycles. The molecule has 8 heteroatoms. The van der Waals surface area contributed by atoms with Gasteiger partial charge in [-0.25, -0.2) is 4.98 Å². The number of ether oxygens (including phenoxy) is 3. The molecule has 2 heterocycles. The van der Waals surface area contributed by atoms with Crippen molar-refractivity contribution in [1.29, 1.82) is 0 Å². The van der Waals surface area contributed by atoms with E-state index in [-0.39, 0.29) is 12.5 Å². The molecular formula is C27H27N3O4S. The Bertz CT molecular complexity index is 1350. The van der Waals surface area contributed by atoms with Crippen LogP contribution in [-0.4, -0.2) is 36.2 Å². The zero-order valence-corrected chi connectivity index (χ0v) is 20.6. The first-order chi connectivity index (χ1) is 17.1. The van der Waals surface area contributed by atoms with Crippen LogP contribution in [0.15, 0.2) is 48.5 Å². The highest BCUT2D eigenvalue weighted by Crippen LogP contribution is 2.40. The number of rotatable bonds is 8. The average Bonchev–Trinajstić information content (AvgIpc) is 3.26. The molecule has 0 bridgehead atoms. The molecule has 2 aromatic carbocycles. The van der Waals surface area contributed by atoms with Crippen LogP contribution < -0.4 is 19.5 Å². The van der Waals surface area contributed by atoms with Crippen molar-refractivity contribution in [1.82, 2.24) is 9.97 Å². The van der Waals surface area contributed by atoms with E-state index in [0.29, 0.717) is 29.7 Å². The number of carbonyl (C=O) groups is 1. The van der Waals surface area contributed by atoms with Gasteiger partial charge in [0.1, 0.15) is 16.3 Å². The van der Waals surface area contributed by atoms with Crippen molar-refractivity contribution in [3.63, 3.8) is 0 Å². The fourth-order valence-electron chi connectivity index (χ4n) is 4.26. The molecule has 0 saturated carbocycles. The van der Waals surface area contributed by atoms with Crippen LogP contribution in [-0.2, 0) is 17.6 Å². The van der Waals surface area contributed by atoms with Gasteiger partial charge < -0.3 is 19.5 Å². The molecule has 0 atom stereocenters. The minimum atomic E-state index is -0.263. The van der Waals surface area contributed by atoms with Crippen molar-refractivity contribution in [2.24, 2.45) is 0 Å². The molecule has 0 unspecified atom stereocenters. The van der Waals surface area contributed by atoms with Crippen molar-refractivity contribution in [2.75, 3.05) is 25.6 Å². The molecule has 5 rings (SSSR count). The van der Waals surface area contributed by atoms with Crippen LogP contribution in [0.4, 0.5) is 5.69 Å². The van der Waals surface area contributed by atoms with Gasteiger partial charge in [0, 0.05) is 22.2 Å². The van der Waals surface area contributed by atoms with Gasteiger partial charge in [0.15, 0.2) is 12.4 Å². The summed E-state index contributed by atoms with van der Waals surface area (Å²) in [6.07, 6.45) is 4.34. The molecule has 0 saturated heterocycles. The highest BCUT2D eigenvalue weighted by Gasteiger charge is 2.23. The number of anilines is 1. The lowest BCUT2D eigenvalue weighted by molar-refractivity contribution is -0.118. The van der Waals surface area contributed by atoms with Gasteiger partial charge in [-0.3, -0.25) is 4.79 Å². The molecular weight excluding hydrogens is 462 g/mol. The van der Waals surface area contributed by atoms with Gasteiger partial charge in [0.2, 0.25) is 5.88 Å². The van der Waals surface area contributed by atoms with Gasteiger partial charge in [0.25, 0.3) is 5.91 Å². The highest BCUT2D eigenvalue weighted by atomic mass is 32.1. The highest BCUT2D eigenvalue weighted by molar-refractivity contribution is 7.18. The van der Waals surface area contributed by atoms with Crippen molar-refractivity contribution in [3.05, 3.63) is 59.0 Å². The number of aromatic nitrogens is 2. The minimum Gasteiger partial charge on any atom is -0.497 e. The summed E-state index contributed by atoms with van der Waals surface area (Å²) in [6.45, 7) is 2.33. The SMILES string of the molecule is CCOc1cccc(NC(=O)COc2nc(-c3ccc(OC)cc3)nc3sc4c(c23)CCCC4)c1. The third kappa shape index (κ3) is 5.07. The first-order valence-corrected chi connectivity index (χ1v) is 12.6. The number of nitrogens with one attached hydrogen (secondary N) is 1. The monoisotopic (exact) mass is 489 g/mol. The second-order valence-electron chi connectivity index (χ2n) is 8.27. The Kier molecular flexibility index (Phi) is 6.81. The Morgan fingerprint density at radius 1 is 1.03 bits per heavy atom. The molecule has 7 nitrogen and oxygen atoms in total. The number of fused-ring (bicyclic) bond motifs is 3. The zero-order chi connectivity index (χ0) is 24.2. The third-order valence-corrected chi connectivity index (χ3v) is 7.08. The fourth-order valence-corrected chi connectivity index (χ4v) is 5.51. The lowest BCUT2D eigenvalue weighted by Gasteiger charge is -2.13. The van der Waals surface area contributed by atoms with E-state index >= 15 is 0 Å². The van der Waals surface area contributed by atoms with E-state index in [1.165, 1.54) is 16.9 Å². The molecule has 180 valence electrons. The Labute approximate surface area is 208 Å². The molecule has 1 amide bonds. The Morgan fingerprint density at radius 2 is 1.86 bits per heavy atom. The first-order valence-electron chi connectivity index (χ1n) is 11.8. The average molecular weight is 490 g/mol. The van der Waals surface area contributed by atoms with Gasteiger partial charge in [-0.2, -0.15) is 4.98 Å². The van der Waals surface area contributed by atoms with Crippen LogP contribution in [0.2, 0.25) is 0 Å². The number of thiophene rings is 1. The smallest absolute Gasteiger partial charge is 0.262 e. The summed E-state index contributed by atoms with van der Waals surface area (Å²) < 4.78 is 16.8. The molecule has 0 fully saturated rings. The second kappa shape index (κ2) is 10.3. The molecule has 1 aliphatic rings. The number of aryl methyl sites for hydroxylation is 2. The Morgan fingerprint density at radius 3 is 2.66 bits per heavy atom. The standard InChI is InChI=1S/C27H27N3O4S/c1-3-33-20-8-6-7-18(15-20)28-23(31)16-34-26-24-21-9-4-5-10-22(21)35-27(24)30-25(29-26)17-11-13-19(32-2)14-12-17/h6-8,11-15H,3-5,9-10,16H2,1-2H3,(H,28,31). The van der Waals surface area contributed by atoms with Crippen LogP contribution in [0.3, 0.4) is 0 Å². The summed E-state index contributed by atoms with van der Waals surface area (Å²) in [5.74, 6) is 2.23. The van der Waals surface area contributed by atoms with E-state index in [1.807, 2.05) is 49.4 Å². The summed E-state index contributed by atoms with van der Waals surface area (Å²) in [7, 11) is 1.64. The van der Waals surface area contributed by atoms with Crippen LogP contribution in [0.25, 0.3) is 21.6 Å². The number of amides is 1. The van der Waals surface area contributed by atoms with Crippen LogP contribution in [0, 0.1) is 0 Å². The van der Waals surface area contributed by atoms with Gasteiger partial charge >= 0.3 is 0 Å². The number of hydrogen-bond donors (Lipinski definition) is 1. The van der Waals surface area contributed by atoms with E-state index in [4.69, 9.17) is 24.2 Å². The van der Waals surface area contributed by atoms with Gasteiger partial charge in [-0.15, -0.1) is 11.3 Å². The van der Waals surface area contributed by atoms with E-state index < -0.39 is 0 Å². The molecule has 0 spiro atoms. The Hall–Kier alpha value is -3.65. The third-order valence-electron chi connectivity index (χ3n) is 5.90. The summed E-state index contributed by atoms with van der Waals surface area (Å²) in [5, 5.41) is 3.81. The maximum absolute atomic E-state index is 12.7. The lowest BCUT2D eigenvalue weighted by atomic mass is 9.97. The molecule has 1 N–H and O–H groups in total. The number of carbonyl (C=O) groups excluding carboxylic acids is 1. The predicted octanol–water partition coefficient (Wildman–Crippen LogP) is 5.66. The van der Waals surface area contributed by atoms with E-state index in [0.717, 1.165) is 40.8 Å². The number of methoxy groups -OCH3 is 1. The quantitative estimate of drug-likeness (QED) is 0.344. The molecule has 4 aromatic rings. The number of benzene rings is 2. The summed E-state index contributed by atoms with van der Waals surface area (Å²) in [4.78, 5) is 24.6. The Balaban J connectivity index is 1.42. The van der Waals surface area contributed by atoms with Crippen molar-refractivity contribution >= 4 is 33.1 Å². The van der Waals surface area contributed by atoms with Crippen molar-refractivity contribution in [3.8, 4) is 28.8 Å². The molecule has 2 aromatic heterocycles. The molecule has 35 heavy (non-hydrogen) atoms. The van der Waals surface area contributed by atoms with Crippen molar-refractivity contribution in [2.45, 2.75) is 32.6 Å². The van der Waals surface area contributed by atoms with E-state index in [2.05, 4.69) is 5.32 Å². The summed E-state index contributed by atoms with van der Waals surface area (Å²) >= 11 is 1.70. The zero-order valence-electron chi connectivity index (χ0n) is 19.8. The molecule has 0 radical (unpaired) electrons. The van der Waals surface area contributed by atoms with Gasteiger partial charge in [-0.1, -0.05) is 6.07 Å². The maximum atomic E-state index is 12.7. The van der Waals surface area contributed by atoms with Gasteiger partial charge in [0.05, 0.1) is 19.1 Å². The normalized spacial score (nSPS) is 12.7.